The van der Waals surface area contributed by atoms with E-state index in [1.54, 1.807) is 0 Å². The van der Waals surface area contributed by atoms with Crippen molar-refractivity contribution in [1.82, 2.24) is 9.97 Å². The van der Waals surface area contributed by atoms with Gasteiger partial charge >= 0.3 is 5.97 Å². The Morgan fingerprint density at radius 3 is 2.90 bits per heavy atom. The summed E-state index contributed by atoms with van der Waals surface area (Å²) in [6.07, 6.45) is 2.09. The predicted octanol–water partition coefficient (Wildman–Crippen LogP) is 0.573. The third kappa shape index (κ3) is 2.78. The first kappa shape index (κ1) is 14.1. The van der Waals surface area contributed by atoms with Gasteiger partial charge in [-0.3, -0.25) is 9.59 Å². The zero-order chi connectivity index (χ0) is 15.0. The van der Waals surface area contributed by atoms with Crippen molar-refractivity contribution >= 4 is 11.8 Å². The number of hydrogen-bond donors (Lipinski definition) is 2. The van der Waals surface area contributed by atoms with E-state index >= 15 is 0 Å². The van der Waals surface area contributed by atoms with E-state index in [9.17, 15) is 14.7 Å². The Kier molecular flexibility index (Phi) is 3.67. The summed E-state index contributed by atoms with van der Waals surface area (Å²) in [5, 5.41) is 9.29. The molecule has 0 radical (unpaired) electrons. The van der Waals surface area contributed by atoms with Crippen molar-refractivity contribution in [2.75, 3.05) is 24.7 Å². The number of carbonyl (C=O) groups is 1. The van der Waals surface area contributed by atoms with Crippen LogP contribution in [0.1, 0.15) is 31.5 Å². The molecule has 2 aliphatic rings. The van der Waals surface area contributed by atoms with Gasteiger partial charge in [0.25, 0.3) is 5.56 Å². The molecule has 2 atom stereocenters. The minimum Gasteiger partial charge on any atom is -0.481 e. The quantitative estimate of drug-likeness (QED) is 0.824. The first-order chi connectivity index (χ1) is 10.1. The van der Waals surface area contributed by atoms with Gasteiger partial charge in [0.1, 0.15) is 17.6 Å². The highest BCUT2D eigenvalue weighted by Crippen LogP contribution is 2.38. The molecule has 1 aromatic heterocycles. The fourth-order valence-electron chi connectivity index (χ4n) is 2.81. The molecule has 2 heterocycles. The molecule has 114 valence electrons. The number of carboxylic acid groups (broad SMARTS) is 1. The molecule has 7 nitrogen and oxygen atoms in total. The van der Waals surface area contributed by atoms with Crippen LogP contribution in [0, 0.1) is 5.92 Å². The largest absolute Gasteiger partial charge is 0.481 e. The highest BCUT2D eigenvalue weighted by atomic mass is 16.5. The molecule has 2 N–H and O–H groups in total. The molecule has 0 aromatic carbocycles. The van der Waals surface area contributed by atoms with Crippen LogP contribution in [0.5, 0.6) is 0 Å². The number of rotatable bonds is 5. The SMILES string of the molecule is CCN(c1cc(=O)[nH]c(C2CC2)n1)C1COCC1C(=O)O. The van der Waals surface area contributed by atoms with Crippen LogP contribution < -0.4 is 10.5 Å². The van der Waals surface area contributed by atoms with Gasteiger partial charge in [0, 0.05) is 18.5 Å². The average Bonchev–Trinajstić information content (AvgIpc) is 3.18. The minimum atomic E-state index is -0.872. The summed E-state index contributed by atoms with van der Waals surface area (Å²) < 4.78 is 5.32. The number of aliphatic carboxylic acids is 1. The Morgan fingerprint density at radius 1 is 1.52 bits per heavy atom. The highest BCUT2D eigenvalue weighted by molar-refractivity contribution is 5.72. The number of H-pyrrole nitrogens is 1. The molecule has 2 unspecified atom stereocenters. The third-order valence-corrected chi connectivity index (χ3v) is 4.11. The zero-order valence-corrected chi connectivity index (χ0v) is 11.9. The van der Waals surface area contributed by atoms with Crippen LogP contribution in [0.3, 0.4) is 0 Å². The normalized spacial score (nSPS) is 25.0. The van der Waals surface area contributed by atoms with Gasteiger partial charge in [0.2, 0.25) is 0 Å². The van der Waals surface area contributed by atoms with Gasteiger partial charge < -0.3 is 19.7 Å². The zero-order valence-electron chi connectivity index (χ0n) is 11.9. The Bertz CT molecular complexity index is 596. The van der Waals surface area contributed by atoms with Crippen LogP contribution in [0.4, 0.5) is 5.82 Å². The Morgan fingerprint density at radius 2 is 2.29 bits per heavy atom. The lowest BCUT2D eigenvalue weighted by Crippen LogP contribution is -2.44. The molecule has 0 bridgehead atoms. The van der Waals surface area contributed by atoms with Gasteiger partial charge in [-0.05, 0) is 19.8 Å². The lowest BCUT2D eigenvalue weighted by molar-refractivity contribution is -0.141. The summed E-state index contributed by atoms with van der Waals surface area (Å²) in [5.74, 6) is 0.136. The molecule has 1 aliphatic carbocycles. The van der Waals surface area contributed by atoms with Gasteiger partial charge in [-0.1, -0.05) is 0 Å². The monoisotopic (exact) mass is 293 g/mol. The summed E-state index contributed by atoms with van der Waals surface area (Å²) in [4.78, 5) is 32.3. The van der Waals surface area contributed by atoms with E-state index in [-0.39, 0.29) is 18.2 Å². The topological polar surface area (TPSA) is 95.5 Å². The number of nitrogens with one attached hydrogen (secondary N) is 1. The predicted molar refractivity (Wildman–Crippen MR) is 75.6 cm³/mol. The van der Waals surface area contributed by atoms with E-state index in [2.05, 4.69) is 9.97 Å². The Balaban J connectivity index is 1.92. The number of anilines is 1. The first-order valence-corrected chi connectivity index (χ1v) is 7.28. The highest BCUT2D eigenvalue weighted by Gasteiger charge is 2.38. The van der Waals surface area contributed by atoms with Crippen LogP contribution in [0.2, 0.25) is 0 Å². The minimum absolute atomic E-state index is 0.189. The second kappa shape index (κ2) is 5.48. The lowest BCUT2D eigenvalue weighted by atomic mass is 10.0. The summed E-state index contributed by atoms with van der Waals surface area (Å²) in [6.45, 7) is 3.06. The van der Waals surface area contributed by atoms with Crippen molar-refractivity contribution in [1.29, 1.82) is 0 Å². The number of hydrogen-bond acceptors (Lipinski definition) is 5. The molecule has 2 fully saturated rings. The number of likely N-dealkylation sites (N-methyl/N-ethyl adjacent to an activating group) is 1. The van der Waals surface area contributed by atoms with Crippen molar-refractivity contribution in [2.24, 2.45) is 5.92 Å². The van der Waals surface area contributed by atoms with Gasteiger partial charge in [0.05, 0.1) is 19.3 Å². The molecule has 21 heavy (non-hydrogen) atoms. The van der Waals surface area contributed by atoms with Crippen LogP contribution in [0.15, 0.2) is 10.9 Å². The summed E-state index contributed by atoms with van der Waals surface area (Å²) in [5.41, 5.74) is -0.189. The van der Waals surface area contributed by atoms with E-state index < -0.39 is 11.9 Å². The molecule has 7 heteroatoms. The lowest BCUT2D eigenvalue weighted by Gasteiger charge is -2.30. The second-order valence-corrected chi connectivity index (χ2v) is 5.60. The number of aromatic nitrogens is 2. The fraction of sp³-hybridized carbons (Fsp3) is 0.643. The van der Waals surface area contributed by atoms with Gasteiger partial charge in [-0.25, -0.2) is 4.98 Å². The number of aromatic amines is 1. The fourth-order valence-corrected chi connectivity index (χ4v) is 2.81. The molecule has 0 amide bonds. The molecule has 1 saturated heterocycles. The summed E-state index contributed by atoms with van der Waals surface area (Å²) in [6, 6.07) is 1.15. The maximum atomic E-state index is 11.8. The van der Waals surface area contributed by atoms with Crippen molar-refractivity contribution in [2.45, 2.75) is 31.7 Å². The Labute approximate surface area is 121 Å². The smallest absolute Gasteiger partial charge is 0.311 e. The maximum Gasteiger partial charge on any atom is 0.311 e. The number of nitrogens with zero attached hydrogens (tertiary/aromatic N) is 2. The van der Waals surface area contributed by atoms with E-state index in [1.165, 1.54) is 6.07 Å². The summed E-state index contributed by atoms with van der Waals surface area (Å²) >= 11 is 0. The van der Waals surface area contributed by atoms with E-state index in [0.29, 0.717) is 30.7 Å². The van der Waals surface area contributed by atoms with E-state index in [4.69, 9.17) is 4.74 Å². The molecule has 1 aliphatic heterocycles. The van der Waals surface area contributed by atoms with Gasteiger partial charge in [-0.2, -0.15) is 0 Å². The second-order valence-electron chi connectivity index (χ2n) is 5.60. The van der Waals surface area contributed by atoms with Crippen molar-refractivity contribution < 1.29 is 14.6 Å². The first-order valence-electron chi connectivity index (χ1n) is 7.28. The third-order valence-electron chi connectivity index (χ3n) is 4.11. The Hall–Kier alpha value is -1.89. The maximum absolute atomic E-state index is 11.8. The van der Waals surface area contributed by atoms with Crippen molar-refractivity contribution in [3.63, 3.8) is 0 Å². The van der Waals surface area contributed by atoms with Crippen molar-refractivity contribution in [3.05, 3.63) is 22.2 Å². The average molecular weight is 293 g/mol. The van der Waals surface area contributed by atoms with Crippen LogP contribution >= 0.6 is 0 Å². The molecule has 0 spiro atoms. The molecule has 3 rings (SSSR count). The number of ether oxygens (including phenoxy) is 1. The number of carboxylic acids is 1. The standard InChI is InChI=1S/C14H19N3O4/c1-2-17(10-7-21-6-9(10)14(19)20)11-5-12(18)16-13(15-11)8-3-4-8/h5,8-10H,2-4,6-7H2,1H3,(H,19,20)(H,15,16,18). The molecule has 1 saturated carbocycles. The van der Waals surface area contributed by atoms with Gasteiger partial charge in [-0.15, -0.1) is 0 Å². The molecular formula is C14H19N3O4. The van der Waals surface area contributed by atoms with Gasteiger partial charge in [0.15, 0.2) is 0 Å². The van der Waals surface area contributed by atoms with E-state index in [1.807, 2.05) is 11.8 Å². The van der Waals surface area contributed by atoms with Crippen LogP contribution in [0.25, 0.3) is 0 Å². The van der Waals surface area contributed by atoms with E-state index in [0.717, 1.165) is 12.8 Å². The van der Waals surface area contributed by atoms with Crippen LogP contribution in [-0.4, -0.2) is 46.8 Å². The molecular weight excluding hydrogens is 274 g/mol. The van der Waals surface area contributed by atoms with Crippen molar-refractivity contribution in [3.8, 4) is 0 Å². The van der Waals surface area contributed by atoms with Crippen LogP contribution in [-0.2, 0) is 9.53 Å². The molecule has 1 aromatic rings. The summed E-state index contributed by atoms with van der Waals surface area (Å²) in [7, 11) is 0.